The highest BCUT2D eigenvalue weighted by atomic mass is 16.5. The van der Waals surface area contributed by atoms with Crippen molar-refractivity contribution in [2.24, 2.45) is 11.8 Å². The smallest absolute Gasteiger partial charge is 0.234 e. The maximum Gasteiger partial charge on any atom is 0.234 e. The molecule has 0 N–H and O–H groups in total. The molecule has 0 saturated carbocycles. The van der Waals surface area contributed by atoms with E-state index in [0.29, 0.717) is 18.0 Å². The number of hydrogen-bond donors (Lipinski definition) is 0. The van der Waals surface area contributed by atoms with Crippen LogP contribution in [-0.4, -0.2) is 30.1 Å². The zero-order valence-electron chi connectivity index (χ0n) is 14.3. The zero-order valence-corrected chi connectivity index (χ0v) is 14.3. The van der Waals surface area contributed by atoms with Crippen molar-refractivity contribution in [2.75, 3.05) is 11.4 Å². The number of nitrogens with zero attached hydrogens (tertiary/aromatic N) is 1. The Labute approximate surface area is 155 Å². The number of carboxylic acids is 1. The normalized spacial score (nSPS) is 30.6. The average molecular weight is 362 g/mol. The molecule has 6 heteroatoms. The fourth-order valence-corrected chi connectivity index (χ4v) is 4.30. The van der Waals surface area contributed by atoms with Gasteiger partial charge < -0.3 is 24.3 Å². The van der Waals surface area contributed by atoms with Crippen molar-refractivity contribution >= 4 is 17.6 Å². The zero-order chi connectivity index (χ0) is 18.6. The van der Waals surface area contributed by atoms with E-state index in [0.717, 1.165) is 5.75 Å². The average Bonchev–Trinajstić information content (AvgIpc) is 3.31. The number of fused-ring (bicyclic) bond motifs is 1. The first kappa shape index (κ1) is 16.1. The Bertz CT molecular complexity index is 939. The SMILES string of the molecule is O=C([O-])[C@H]1[C@@H]2C=C[C@]3(CN(c4ccc(Oc5ccccc5)cc4)C(=O)[C@@H]13)O2. The second-order valence-corrected chi connectivity index (χ2v) is 7.05. The maximum absolute atomic E-state index is 13.0. The minimum Gasteiger partial charge on any atom is -0.550 e. The Morgan fingerprint density at radius 2 is 1.81 bits per heavy atom. The van der Waals surface area contributed by atoms with Gasteiger partial charge in [-0.3, -0.25) is 4.79 Å². The second kappa shape index (κ2) is 5.69. The third-order valence-corrected chi connectivity index (χ3v) is 5.50. The number of carboxylic acid groups (broad SMARTS) is 1. The summed E-state index contributed by atoms with van der Waals surface area (Å²) in [5, 5.41) is 11.5. The number of carbonyl (C=O) groups is 2. The standard InChI is InChI=1S/C21H17NO5/c23-19-18-17(20(24)25)16-10-11-21(18,27-16)12-22(19)13-6-8-15(9-7-13)26-14-4-2-1-3-5-14/h1-11,16-18H,12H2,(H,24,25)/p-1/t16-,17-,18+,21+/m0/s1. The van der Waals surface area contributed by atoms with E-state index in [-0.39, 0.29) is 5.91 Å². The molecule has 2 fully saturated rings. The molecular weight excluding hydrogens is 346 g/mol. The van der Waals surface area contributed by atoms with E-state index in [9.17, 15) is 14.7 Å². The first-order valence-corrected chi connectivity index (χ1v) is 8.80. The summed E-state index contributed by atoms with van der Waals surface area (Å²) >= 11 is 0. The van der Waals surface area contributed by atoms with Crippen LogP contribution < -0.4 is 14.7 Å². The molecule has 2 aromatic carbocycles. The molecule has 5 rings (SSSR count). The molecular formula is C21H16NO5-. The molecule has 0 radical (unpaired) electrons. The molecule has 3 heterocycles. The van der Waals surface area contributed by atoms with Gasteiger partial charge in [0.15, 0.2) is 0 Å². The summed E-state index contributed by atoms with van der Waals surface area (Å²) in [5.74, 6) is -1.78. The van der Waals surface area contributed by atoms with Crippen LogP contribution in [-0.2, 0) is 14.3 Å². The third kappa shape index (κ3) is 2.37. The molecule has 0 unspecified atom stereocenters. The molecule has 1 amide bonds. The number of benzene rings is 2. The second-order valence-electron chi connectivity index (χ2n) is 7.05. The highest BCUT2D eigenvalue weighted by Gasteiger charge is 2.65. The van der Waals surface area contributed by atoms with E-state index in [4.69, 9.17) is 9.47 Å². The number of para-hydroxylation sites is 1. The van der Waals surface area contributed by atoms with Crippen molar-refractivity contribution in [3.05, 3.63) is 66.7 Å². The predicted octanol–water partition coefficient (Wildman–Crippen LogP) is 1.52. The van der Waals surface area contributed by atoms with E-state index >= 15 is 0 Å². The Balaban J connectivity index is 1.39. The van der Waals surface area contributed by atoms with Gasteiger partial charge >= 0.3 is 0 Å². The molecule has 6 nitrogen and oxygen atoms in total. The van der Waals surface area contributed by atoms with Gasteiger partial charge in [0.2, 0.25) is 5.91 Å². The molecule has 2 aromatic rings. The summed E-state index contributed by atoms with van der Waals surface area (Å²) in [4.78, 5) is 26.1. The lowest BCUT2D eigenvalue weighted by Gasteiger charge is -2.24. The summed E-state index contributed by atoms with van der Waals surface area (Å²) in [5.41, 5.74) is -0.187. The Hall–Kier alpha value is -3.12. The number of ether oxygens (including phenoxy) is 2. The monoisotopic (exact) mass is 362 g/mol. The van der Waals surface area contributed by atoms with Crippen molar-refractivity contribution in [2.45, 2.75) is 11.7 Å². The lowest BCUT2D eigenvalue weighted by molar-refractivity contribution is -0.313. The molecule has 0 aromatic heterocycles. The number of anilines is 1. The van der Waals surface area contributed by atoms with Crippen LogP contribution in [0.5, 0.6) is 11.5 Å². The molecule has 4 atom stereocenters. The summed E-state index contributed by atoms with van der Waals surface area (Å²) in [6.07, 6.45) is 2.98. The van der Waals surface area contributed by atoms with E-state index in [1.54, 1.807) is 35.2 Å². The Morgan fingerprint density at radius 3 is 2.52 bits per heavy atom. The van der Waals surface area contributed by atoms with Crippen molar-refractivity contribution in [1.82, 2.24) is 0 Å². The number of amides is 1. The predicted molar refractivity (Wildman–Crippen MR) is 94.0 cm³/mol. The van der Waals surface area contributed by atoms with Gasteiger partial charge in [-0.25, -0.2) is 0 Å². The summed E-state index contributed by atoms with van der Waals surface area (Å²) in [6, 6.07) is 16.6. The van der Waals surface area contributed by atoms with Gasteiger partial charge in [0.05, 0.1) is 18.6 Å². The number of aliphatic carboxylic acids is 1. The van der Waals surface area contributed by atoms with Crippen LogP contribution in [0.1, 0.15) is 0 Å². The lowest BCUT2D eigenvalue weighted by Crippen LogP contribution is -2.45. The van der Waals surface area contributed by atoms with Gasteiger partial charge in [-0.05, 0) is 36.4 Å². The molecule has 136 valence electrons. The van der Waals surface area contributed by atoms with Crippen LogP contribution in [0.15, 0.2) is 66.7 Å². The number of carbonyl (C=O) groups excluding carboxylic acids is 2. The first-order valence-electron chi connectivity index (χ1n) is 8.80. The Morgan fingerprint density at radius 1 is 1.11 bits per heavy atom. The Kier molecular flexibility index (Phi) is 3.39. The van der Waals surface area contributed by atoms with Gasteiger partial charge in [0.1, 0.15) is 17.1 Å². The van der Waals surface area contributed by atoms with Gasteiger partial charge in [-0.1, -0.05) is 30.4 Å². The van der Waals surface area contributed by atoms with E-state index < -0.39 is 29.5 Å². The minimum atomic E-state index is -1.24. The van der Waals surface area contributed by atoms with Gasteiger partial charge in [0, 0.05) is 17.6 Å². The van der Waals surface area contributed by atoms with Crippen molar-refractivity contribution < 1.29 is 24.2 Å². The fraction of sp³-hybridized carbons (Fsp3) is 0.238. The quantitative estimate of drug-likeness (QED) is 0.771. The van der Waals surface area contributed by atoms with Crippen LogP contribution >= 0.6 is 0 Å². The highest BCUT2D eigenvalue weighted by molar-refractivity contribution is 6.02. The summed E-state index contributed by atoms with van der Waals surface area (Å²) < 4.78 is 11.6. The summed E-state index contributed by atoms with van der Waals surface area (Å²) in [6.45, 7) is 0.298. The van der Waals surface area contributed by atoms with Crippen molar-refractivity contribution in [1.29, 1.82) is 0 Å². The molecule has 3 aliphatic heterocycles. The van der Waals surface area contributed by atoms with E-state index in [1.807, 2.05) is 36.4 Å². The van der Waals surface area contributed by atoms with Gasteiger partial charge in [-0.15, -0.1) is 0 Å². The number of hydrogen-bond acceptors (Lipinski definition) is 5. The lowest BCUT2D eigenvalue weighted by atomic mass is 9.77. The van der Waals surface area contributed by atoms with Gasteiger partial charge in [0.25, 0.3) is 0 Å². The molecule has 3 aliphatic rings. The minimum absolute atomic E-state index is 0.243. The van der Waals surface area contributed by atoms with Crippen molar-refractivity contribution in [3.63, 3.8) is 0 Å². The van der Waals surface area contributed by atoms with Crippen LogP contribution in [0.3, 0.4) is 0 Å². The van der Waals surface area contributed by atoms with Gasteiger partial charge in [-0.2, -0.15) is 0 Å². The molecule has 1 spiro atoms. The maximum atomic E-state index is 13.0. The molecule has 0 aliphatic carbocycles. The largest absolute Gasteiger partial charge is 0.550 e. The van der Waals surface area contributed by atoms with E-state index in [1.165, 1.54) is 0 Å². The van der Waals surface area contributed by atoms with Crippen LogP contribution in [0.25, 0.3) is 0 Å². The number of rotatable bonds is 4. The van der Waals surface area contributed by atoms with E-state index in [2.05, 4.69) is 0 Å². The topological polar surface area (TPSA) is 78.9 Å². The van der Waals surface area contributed by atoms with Crippen molar-refractivity contribution in [3.8, 4) is 11.5 Å². The molecule has 2 bridgehead atoms. The van der Waals surface area contributed by atoms with Crippen LogP contribution in [0.2, 0.25) is 0 Å². The summed E-state index contributed by atoms with van der Waals surface area (Å²) in [7, 11) is 0. The molecule has 2 saturated heterocycles. The first-order chi connectivity index (χ1) is 13.1. The van der Waals surface area contributed by atoms with Crippen LogP contribution in [0, 0.1) is 11.8 Å². The fourth-order valence-electron chi connectivity index (χ4n) is 4.30. The van der Waals surface area contributed by atoms with Crippen LogP contribution in [0.4, 0.5) is 5.69 Å². The third-order valence-electron chi connectivity index (χ3n) is 5.50. The molecule has 27 heavy (non-hydrogen) atoms. The highest BCUT2D eigenvalue weighted by Crippen LogP contribution is 2.52.